The quantitative estimate of drug-likeness (QED) is 0.650. The topological polar surface area (TPSA) is 49.7 Å². The second kappa shape index (κ2) is 12.4. The highest BCUT2D eigenvalue weighted by Crippen LogP contribution is 2.30. The number of aromatic hydroxyl groups is 1. The van der Waals surface area contributed by atoms with E-state index in [1.807, 2.05) is 42.5 Å². The summed E-state index contributed by atoms with van der Waals surface area (Å²) in [7, 11) is 1.57. The maximum atomic E-state index is 9.69. The highest BCUT2D eigenvalue weighted by Gasteiger charge is 2.06. The fourth-order valence-corrected chi connectivity index (χ4v) is 2.54. The number of hydrogen-bond acceptors (Lipinski definition) is 3. The Kier molecular flexibility index (Phi) is 10.4. The van der Waals surface area contributed by atoms with Gasteiger partial charge in [0.2, 0.25) is 0 Å². The summed E-state index contributed by atoms with van der Waals surface area (Å²) < 4.78 is 5.02. The van der Waals surface area contributed by atoms with E-state index in [2.05, 4.69) is 13.8 Å². The molecule has 0 spiro atoms. The van der Waals surface area contributed by atoms with Gasteiger partial charge < -0.3 is 14.9 Å². The maximum Gasteiger partial charge on any atom is 0.160 e. The van der Waals surface area contributed by atoms with Crippen LogP contribution < -0.4 is 4.74 Å². The van der Waals surface area contributed by atoms with Gasteiger partial charge in [-0.25, -0.2) is 0 Å². The van der Waals surface area contributed by atoms with Crippen molar-refractivity contribution in [3.63, 3.8) is 0 Å². The van der Waals surface area contributed by atoms with E-state index in [1.54, 1.807) is 13.2 Å². The molecule has 2 N–H and O–H groups in total. The lowest BCUT2D eigenvalue weighted by atomic mass is 10.0. The standard InChI is InChI=1S/C11H16O2.C11H16O/c1-3-4-6-9-7-5-8-10(13-2)11(9)12;1-2-3-9-11(12)10-7-5-4-6-8-10/h5,7-8,12H,3-4,6H2,1-2H3;4-8,11-12H,2-3,9H2,1H3. The minimum Gasteiger partial charge on any atom is -0.504 e. The third kappa shape index (κ3) is 7.61. The number of aliphatic hydroxyl groups is 1. The number of aliphatic hydroxyl groups excluding tert-OH is 1. The van der Waals surface area contributed by atoms with Crippen LogP contribution in [0.15, 0.2) is 48.5 Å². The molecule has 2 rings (SSSR count). The first-order valence-electron chi connectivity index (χ1n) is 9.21. The summed E-state index contributed by atoms with van der Waals surface area (Å²) in [5, 5.41) is 19.3. The van der Waals surface area contributed by atoms with E-state index in [0.29, 0.717) is 11.5 Å². The van der Waals surface area contributed by atoms with Crippen molar-refractivity contribution >= 4 is 0 Å². The van der Waals surface area contributed by atoms with Crippen molar-refractivity contribution in [1.29, 1.82) is 0 Å². The molecule has 0 saturated heterocycles. The molecule has 1 atom stereocenters. The molecule has 0 aromatic heterocycles. The normalized spacial score (nSPS) is 11.4. The van der Waals surface area contributed by atoms with Crippen LogP contribution in [-0.2, 0) is 6.42 Å². The van der Waals surface area contributed by atoms with Crippen LogP contribution in [-0.4, -0.2) is 17.3 Å². The Labute approximate surface area is 152 Å². The van der Waals surface area contributed by atoms with Gasteiger partial charge in [-0.2, -0.15) is 0 Å². The average Bonchev–Trinajstić information content (AvgIpc) is 2.66. The molecule has 3 nitrogen and oxygen atoms in total. The van der Waals surface area contributed by atoms with Crippen molar-refractivity contribution in [1.82, 2.24) is 0 Å². The Morgan fingerprint density at radius 3 is 2.20 bits per heavy atom. The Morgan fingerprint density at radius 1 is 0.920 bits per heavy atom. The molecule has 1 unspecified atom stereocenters. The Morgan fingerprint density at radius 2 is 1.60 bits per heavy atom. The van der Waals surface area contributed by atoms with E-state index in [1.165, 1.54) is 0 Å². The smallest absolute Gasteiger partial charge is 0.160 e. The van der Waals surface area contributed by atoms with E-state index in [9.17, 15) is 10.2 Å². The number of unbranched alkanes of at least 4 members (excludes halogenated alkanes) is 2. The molecule has 138 valence electrons. The van der Waals surface area contributed by atoms with Crippen molar-refractivity contribution in [2.45, 2.75) is 58.5 Å². The summed E-state index contributed by atoms with van der Waals surface area (Å²) in [6.45, 7) is 4.27. The molecular weight excluding hydrogens is 312 g/mol. The second-order valence-electron chi connectivity index (χ2n) is 6.14. The van der Waals surface area contributed by atoms with Crippen molar-refractivity contribution in [3.05, 3.63) is 59.7 Å². The van der Waals surface area contributed by atoms with Crippen molar-refractivity contribution in [3.8, 4) is 11.5 Å². The van der Waals surface area contributed by atoms with Crippen LogP contribution in [0.5, 0.6) is 11.5 Å². The van der Waals surface area contributed by atoms with Gasteiger partial charge in [-0.05, 0) is 36.5 Å². The lowest BCUT2D eigenvalue weighted by molar-refractivity contribution is 0.164. The largest absolute Gasteiger partial charge is 0.504 e. The van der Waals surface area contributed by atoms with Crippen LogP contribution in [0.4, 0.5) is 0 Å². The second-order valence-corrected chi connectivity index (χ2v) is 6.14. The highest BCUT2D eigenvalue weighted by molar-refractivity contribution is 5.45. The van der Waals surface area contributed by atoms with Crippen LogP contribution >= 0.6 is 0 Å². The fourth-order valence-electron chi connectivity index (χ4n) is 2.54. The molecule has 0 bridgehead atoms. The minimum absolute atomic E-state index is 0.272. The lowest BCUT2D eigenvalue weighted by Crippen LogP contribution is -1.95. The number of para-hydroxylation sites is 1. The SMILES string of the molecule is CCCCC(O)c1ccccc1.CCCCc1cccc(OC)c1O. The molecule has 0 radical (unpaired) electrons. The third-order valence-corrected chi connectivity index (χ3v) is 4.12. The first-order chi connectivity index (χ1) is 12.1. The summed E-state index contributed by atoms with van der Waals surface area (Å²) in [4.78, 5) is 0. The molecule has 0 aliphatic rings. The van der Waals surface area contributed by atoms with E-state index >= 15 is 0 Å². The van der Waals surface area contributed by atoms with Gasteiger partial charge in [0.05, 0.1) is 13.2 Å². The molecule has 0 amide bonds. The molecular formula is C22H32O3. The summed E-state index contributed by atoms with van der Waals surface area (Å²) in [6.07, 6.45) is 5.99. The molecule has 3 heteroatoms. The van der Waals surface area contributed by atoms with Gasteiger partial charge in [-0.1, -0.05) is 75.6 Å². The van der Waals surface area contributed by atoms with Crippen LogP contribution in [0.25, 0.3) is 0 Å². The number of phenolic OH excluding ortho intramolecular Hbond substituents is 1. The Balaban J connectivity index is 0.000000251. The summed E-state index contributed by atoms with van der Waals surface area (Å²) in [5.41, 5.74) is 2.01. The van der Waals surface area contributed by atoms with Crippen molar-refractivity contribution in [2.75, 3.05) is 7.11 Å². The predicted octanol–water partition coefficient (Wildman–Crippen LogP) is 5.65. The molecule has 0 fully saturated rings. The summed E-state index contributed by atoms with van der Waals surface area (Å²) in [5.74, 6) is 0.854. The fraction of sp³-hybridized carbons (Fsp3) is 0.455. The Hall–Kier alpha value is -2.00. The minimum atomic E-state index is -0.272. The Bertz CT molecular complexity index is 581. The van der Waals surface area contributed by atoms with Gasteiger partial charge in [0.15, 0.2) is 11.5 Å². The molecule has 2 aromatic rings. The van der Waals surface area contributed by atoms with Crippen molar-refractivity contribution in [2.24, 2.45) is 0 Å². The number of aryl methyl sites for hydroxylation is 1. The number of hydrogen-bond donors (Lipinski definition) is 2. The maximum absolute atomic E-state index is 9.69. The highest BCUT2D eigenvalue weighted by atomic mass is 16.5. The lowest BCUT2D eigenvalue weighted by Gasteiger charge is -2.09. The van der Waals surface area contributed by atoms with Crippen LogP contribution in [0.2, 0.25) is 0 Å². The van der Waals surface area contributed by atoms with E-state index in [-0.39, 0.29) is 6.10 Å². The van der Waals surface area contributed by atoms with Crippen LogP contribution in [0, 0.1) is 0 Å². The number of ether oxygens (including phenoxy) is 1. The van der Waals surface area contributed by atoms with Gasteiger partial charge in [0.1, 0.15) is 0 Å². The molecule has 0 heterocycles. The molecule has 0 aliphatic heterocycles. The predicted molar refractivity (Wildman–Crippen MR) is 104 cm³/mol. The van der Waals surface area contributed by atoms with Gasteiger partial charge in [0.25, 0.3) is 0 Å². The first-order valence-corrected chi connectivity index (χ1v) is 9.21. The van der Waals surface area contributed by atoms with Crippen LogP contribution in [0.3, 0.4) is 0 Å². The van der Waals surface area contributed by atoms with E-state index in [4.69, 9.17) is 4.74 Å². The third-order valence-electron chi connectivity index (χ3n) is 4.12. The summed E-state index contributed by atoms with van der Waals surface area (Å²) in [6, 6.07) is 15.5. The number of methoxy groups -OCH3 is 1. The van der Waals surface area contributed by atoms with Crippen molar-refractivity contribution < 1.29 is 14.9 Å². The van der Waals surface area contributed by atoms with Gasteiger partial charge in [-0.15, -0.1) is 0 Å². The van der Waals surface area contributed by atoms with Gasteiger partial charge >= 0.3 is 0 Å². The molecule has 0 aliphatic carbocycles. The number of benzene rings is 2. The zero-order chi connectivity index (χ0) is 18.5. The number of rotatable bonds is 8. The van der Waals surface area contributed by atoms with E-state index < -0.39 is 0 Å². The first kappa shape index (κ1) is 21.0. The molecule has 25 heavy (non-hydrogen) atoms. The van der Waals surface area contributed by atoms with Gasteiger partial charge in [-0.3, -0.25) is 0 Å². The van der Waals surface area contributed by atoms with E-state index in [0.717, 1.165) is 49.7 Å². The van der Waals surface area contributed by atoms with Crippen LogP contribution in [0.1, 0.15) is 63.2 Å². The number of phenols is 1. The summed E-state index contributed by atoms with van der Waals surface area (Å²) >= 11 is 0. The molecule has 2 aromatic carbocycles. The average molecular weight is 344 g/mol. The molecule has 0 saturated carbocycles. The van der Waals surface area contributed by atoms with Gasteiger partial charge in [0, 0.05) is 0 Å². The zero-order valence-electron chi connectivity index (χ0n) is 15.7. The zero-order valence-corrected chi connectivity index (χ0v) is 15.7. The monoisotopic (exact) mass is 344 g/mol.